The van der Waals surface area contributed by atoms with Crippen molar-refractivity contribution in [1.29, 1.82) is 0 Å². The van der Waals surface area contributed by atoms with Gasteiger partial charge in [0.1, 0.15) is 0 Å². The van der Waals surface area contributed by atoms with Crippen LogP contribution in [-0.4, -0.2) is 0 Å². The molecule has 1 heteroatoms. The van der Waals surface area contributed by atoms with Crippen LogP contribution in [0.5, 0.6) is 0 Å². The molecule has 0 radical (unpaired) electrons. The number of benzene rings is 9. The second kappa shape index (κ2) is 12.6. The van der Waals surface area contributed by atoms with E-state index >= 15 is 0 Å². The Hall–Kier alpha value is -7.22. The molecule has 0 heterocycles. The lowest BCUT2D eigenvalue weighted by molar-refractivity contribution is 0.660. The lowest BCUT2D eigenvalue weighted by Crippen LogP contribution is -2.26. The molecule has 0 saturated heterocycles. The van der Waals surface area contributed by atoms with E-state index in [1.807, 2.05) is 0 Å². The van der Waals surface area contributed by atoms with Crippen LogP contribution >= 0.6 is 0 Å². The van der Waals surface area contributed by atoms with Crippen LogP contribution in [0.2, 0.25) is 0 Å². The molecule has 3 aliphatic rings. The zero-order valence-corrected chi connectivity index (χ0v) is 33.2. The highest BCUT2D eigenvalue weighted by Crippen LogP contribution is 2.63. The zero-order valence-electron chi connectivity index (χ0n) is 33.2. The van der Waals surface area contributed by atoms with E-state index in [1.54, 1.807) is 0 Å². The minimum Gasteiger partial charge on any atom is -0.310 e. The molecule has 0 aliphatic heterocycles. The van der Waals surface area contributed by atoms with Crippen LogP contribution in [-0.2, 0) is 10.8 Å². The third-order valence-electron chi connectivity index (χ3n) is 13.5. The molecule has 0 saturated carbocycles. The Morgan fingerprint density at radius 2 is 0.610 bits per heavy atom. The van der Waals surface area contributed by atoms with Crippen molar-refractivity contribution in [2.24, 2.45) is 0 Å². The topological polar surface area (TPSA) is 3.24 Å². The highest BCUT2D eigenvalue weighted by molar-refractivity contribution is 5.96. The van der Waals surface area contributed by atoms with Crippen molar-refractivity contribution in [1.82, 2.24) is 0 Å². The fourth-order valence-electron chi connectivity index (χ4n) is 10.8. The van der Waals surface area contributed by atoms with Crippen molar-refractivity contribution in [3.05, 3.63) is 246 Å². The van der Waals surface area contributed by atoms with E-state index in [0.717, 1.165) is 17.1 Å². The van der Waals surface area contributed by atoms with E-state index in [4.69, 9.17) is 0 Å². The van der Waals surface area contributed by atoms with Gasteiger partial charge in [0.15, 0.2) is 0 Å². The smallest absolute Gasteiger partial charge is 0.0726 e. The average Bonchev–Trinajstić information content (AvgIpc) is 3.85. The summed E-state index contributed by atoms with van der Waals surface area (Å²) in [6.45, 7) is 4.74. The molecule has 0 unspecified atom stereocenters. The SMILES string of the molecule is CC1(C)c2ccccc2-c2ccc(N(c3ccc(-c4ccc(-c5ccccc5)cc4)cc3)c3ccc4c(c3)C3(c5ccccc5-c5ccccc53)c3ccccc3-4)cc21. The Morgan fingerprint density at radius 1 is 0.271 bits per heavy atom. The maximum Gasteiger partial charge on any atom is 0.0726 e. The summed E-state index contributed by atoms with van der Waals surface area (Å²) in [6.07, 6.45) is 0. The second-order valence-corrected chi connectivity index (χ2v) is 16.8. The maximum absolute atomic E-state index is 2.50. The van der Waals surface area contributed by atoms with Gasteiger partial charge in [0.05, 0.1) is 5.41 Å². The minimum atomic E-state index is -0.419. The van der Waals surface area contributed by atoms with Gasteiger partial charge in [-0.25, -0.2) is 0 Å². The fraction of sp³-hybridized carbons (Fsp3) is 0.0690. The third-order valence-corrected chi connectivity index (χ3v) is 13.5. The molecule has 1 nitrogen and oxygen atoms in total. The van der Waals surface area contributed by atoms with E-state index in [2.05, 4.69) is 231 Å². The lowest BCUT2D eigenvalue weighted by Gasteiger charge is -2.32. The zero-order chi connectivity index (χ0) is 39.3. The fourth-order valence-corrected chi connectivity index (χ4v) is 10.8. The highest BCUT2D eigenvalue weighted by Gasteiger charge is 2.51. The molecule has 59 heavy (non-hydrogen) atoms. The van der Waals surface area contributed by atoms with Gasteiger partial charge >= 0.3 is 0 Å². The van der Waals surface area contributed by atoms with Crippen molar-refractivity contribution in [3.8, 4) is 55.6 Å². The van der Waals surface area contributed by atoms with Gasteiger partial charge in [-0.2, -0.15) is 0 Å². The summed E-state index contributed by atoms with van der Waals surface area (Å²) in [6, 6.07) is 79.1. The summed E-state index contributed by atoms with van der Waals surface area (Å²) in [7, 11) is 0. The molecular weight excluding hydrogens is 711 g/mol. The molecule has 0 atom stereocenters. The summed E-state index contributed by atoms with van der Waals surface area (Å²) in [4.78, 5) is 2.48. The first kappa shape index (κ1) is 33.9. The van der Waals surface area contributed by atoms with Crippen molar-refractivity contribution >= 4 is 17.1 Å². The predicted molar refractivity (Wildman–Crippen MR) is 246 cm³/mol. The van der Waals surface area contributed by atoms with Gasteiger partial charge in [-0.05, 0) is 125 Å². The minimum absolute atomic E-state index is 0.121. The number of hydrogen-bond donors (Lipinski definition) is 0. The monoisotopic (exact) mass is 751 g/mol. The average molecular weight is 752 g/mol. The van der Waals surface area contributed by atoms with Crippen LogP contribution in [0.15, 0.2) is 212 Å². The summed E-state index contributed by atoms with van der Waals surface area (Å²) >= 11 is 0. The van der Waals surface area contributed by atoms with E-state index in [1.165, 1.54) is 89.0 Å². The first-order chi connectivity index (χ1) is 29.0. The van der Waals surface area contributed by atoms with E-state index in [9.17, 15) is 0 Å². The van der Waals surface area contributed by atoms with Gasteiger partial charge in [0.25, 0.3) is 0 Å². The Labute approximate surface area is 346 Å². The van der Waals surface area contributed by atoms with Gasteiger partial charge in [0.2, 0.25) is 0 Å². The van der Waals surface area contributed by atoms with Crippen molar-refractivity contribution in [2.75, 3.05) is 4.90 Å². The Kier molecular flexibility index (Phi) is 7.26. The van der Waals surface area contributed by atoms with Crippen LogP contribution in [0.4, 0.5) is 17.1 Å². The van der Waals surface area contributed by atoms with Crippen LogP contribution < -0.4 is 4.90 Å². The number of rotatable bonds is 5. The van der Waals surface area contributed by atoms with E-state index in [0.29, 0.717) is 0 Å². The highest BCUT2D eigenvalue weighted by atomic mass is 15.1. The first-order valence-electron chi connectivity index (χ1n) is 20.8. The third kappa shape index (κ3) is 4.79. The molecule has 12 rings (SSSR count). The van der Waals surface area contributed by atoms with Crippen molar-refractivity contribution in [3.63, 3.8) is 0 Å². The van der Waals surface area contributed by atoms with Gasteiger partial charge < -0.3 is 4.90 Å². The predicted octanol–water partition coefficient (Wildman–Crippen LogP) is 15.1. The molecule has 1 spiro atoms. The molecule has 0 N–H and O–H groups in total. The largest absolute Gasteiger partial charge is 0.310 e. The normalized spacial score (nSPS) is 14.2. The van der Waals surface area contributed by atoms with Gasteiger partial charge in [0, 0.05) is 22.5 Å². The van der Waals surface area contributed by atoms with Crippen molar-refractivity contribution < 1.29 is 0 Å². The maximum atomic E-state index is 2.50. The number of fused-ring (bicyclic) bond motifs is 13. The standard InChI is InChI=1S/C58H41N/c1-57(2)51-20-10-6-16-45(51)49-34-32-43(36-55(49)57)59(42-30-28-41(29-31-42)40-26-24-39(25-27-40)38-14-4-3-5-15-38)44-33-35-50-48-19-9-13-23-54(48)58(56(50)37-44)52-21-11-7-17-46(52)47-18-8-12-22-53(47)58/h3-37H,1-2H3. The van der Waals surface area contributed by atoms with Crippen molar-refractivity contribution in [2.45, 2.75) is 24.7 Å². The van der Waals surface area contributed by atoms with Gasteiger partial charge in [-0.15, -0.1) is 0 Å². The summed E-state index contributed by atoms with van der Waals surface area (Å²) in [5, 5.41) is 0. The van der Waals surface area contributed by atoms with Crippen LogP contribution in [0.3, 0.4) is 0 Å². The van der Waals surface area contributed by atoms with Crippen LogP contribution in [0.25, 0.3) is 55.6 Å². The number of hydrogen-bond acceptors (Lipinski definition) is 1. The number of anilines is 3. The second-order valence-electron chi connectivity index (χ2n) is 16.8. The summed E-state index contributed by atoms with van der Waals surface area (Å²) < 4.78 is 0. The molecule has 0 aromatic heterocycles. The van der Waals surface area contributed by atoms with E-state index in [-0.39, 0.29) is 5.41 Å². The van der Waals surface area contributed by atoms with Gasteiger partial charge in [-0.3, -0.25) is 0 Å². The van der Waals surface area contributed by atoms with E-state index < -0.39 is 5.41 Å². The molecule has 0 bridgehead atoms. The molecular formula is C58H41N. The lowest BCUT2D eigenvalue weighted by atomic mass is 9.70. The molecule has 0 amide bonds. The molecule has 9 aromatic carbocycles. The van der Waals surface area contributed by atoms with Crippen LogP contribution in [0.1, 0.15) is 47.2 Å². The molecule has 3 aliphatic carbocycles. The first-order valence-corrected chi connectivity index (χ1v) is 20.8. The molecule has 0 fully saturated rings. The quantitative estimate of drug-likeness (QED) is 0.169. The Morgan fingerprint density at radius 3 is 1.12 bits per heavy atom. The molecule has 9 aromatic rings. The molecule has 278 valence electrons. The Balaban J connectivity index is 1.04. The summed E-state index contributed by atoms with van der Waals surface area (Å²) in [5.41, 5.74) is 23.8. The van der Waals surface area contributed by atoms with Crippen LogP contribution in [0, 0.1) is 0 Å². The Bertz CT molecular complexity index is 3050. The summed E-state index contributed by atoms with van der Waals surface area (Å²) in [5.74, 6) is 0. The van der Waals surface area contributed by atoms with Gasteiger partial charge in [-0.1, -0.05) is 190 Å². The number of nitrogens with zero attached hydrogens (tertiary/aromatic N) is 1.